The quantitative estimate of drug-likeness (QED) is 0.411. The summed E-state index contributed by atoms with van der Waals surface area (Å²) in [7, 11) is 0. The van der Waals surface area contributed by atoms with Gasteiger partial charge in [0.05, 0.1) is 0 Å². The summed E-state index contributed by atoms with van der Waals surface area (Å²) in [5.41, 5.74) is 1.48. The number of carbonyl (C=O) groups excluding carboxylic acids is 1. The molecule has 3 aromatic rings. The molecule has 0 saturated heterocycles. The minimum atomic E-state index is -0.694. The Morgan fingerprint density at radius 2 is 1.58 bits per heavy atom. The van der Waals surface area contributed by atoms with E-state index in [-0.39, 0.29) is 11.6 Å². The van der Waals surface area contributed by atoms with Crippen LogP contribution in [0.15, 0.2) is 85.2 Å². The second kappa shape index (κ2) is 8.45. The zero-order chi connectivity index (χ0) is 18.4. The van der Waals surface area contributed by atoms with Gasteiger partial charge >= 0.3 is 0 Å². The van der Waals surface area contributed by atoms with Gasteiger partial charge in [-0.2, -0.15) is 4.57 Å². The summed E-state index contributed by atoms with van der Waals surface area (Å²) in [6, 6.07) is 20.2. The van der Waals surface area contributed by atoms with E-state index in [0.717, 1.165) is 5.56 Å². The molecule has 0 aliphatic heterocycles. The predicted octanol–water partition coefficient (Wildman–Crippen LogP) is 3.65. The fraction of sp³-hybridized carbons (Fsp3) is 0.0952. The molecule has 0 aliphatic rings. The minimum absolute atomic E-state index is 0.188. The SMILES string of the molecule is O=C(c1ccc(F)cc1)C(C(=S)NCc1ccccc1)[n+]1ccccc1. The predicted molar refractivity (Wildman–Crippen MR) is 102 cm³/mol. The Morgan fingerprint density at radius 1 is 0.962 bits per heavy atom. The lowest BCUT2D eigenvalue weighted by atomic mass is 10.0. The van der Waals surface area contributed by atoms with Crippen LogP contribution in [0.25, 0.3) is 0 Å². The van der Waals surface area contributed by atoms with Gasteiger partial charge in [-0.15, -0.1) is 0 Å². The Balaban J connectivity index is 1.84. The molecule has 0 spiro atoms. The van der Waals surface area contributed by atoms with Crippen molar-refractivity contribution in [1.82, 2.24) is 5.32 Å². The number of Topliss-reactive ketones (excluding diaryl/α,β-unsaturated/α-hetero) is 1. The first-order chi connectivity index (χ1) is 12.6. The zero-order valence-electron chi connectivity index (χ0n) is 14.0. The standard InChI is InChI=1S/C21H17FN2OS/c22-18-11-9-17(10-12-18)20(25)19(24-13-5-2-6-14-24)21(26)23-15-16-7-3-1-4-8-16/h1-14,19H,15H2/p+1. The number of thiocarbonyl (C=S) groups is 1. The maximum atomic E-state index is 13.2. The highest BCUT2D eigenvalue weighted by Gasteiger charge is 2.32. The van der Waals surface area contributed by atoms with Crippen LogP contribution in [0, 0.1) is 5.82 Å². The Morgan fingerprint density at radius 3 is 2.23 bits per heavy atom. The number of carbonyl (C=O) groups is 1. The third kappa shape index (κ3) is 4.37. The highest BCUT2D eigenvalue weighted by molar-refractivity contribution is 7.80. The van der Waals surface area contributed by atoms with E-state index in [0.29, 0.717) is 17.1 Å². The van der Waals surface area contributed by atoms with Crippen LogP contribution < -0.4 is 9.88 Å². The number of hydrogen-bond acceptors (Lipinski definition) is 2. The zero-order valence-corrected chi connectivity index (χ0v) is 14.8. The van der Waals surface area contributed by atoms with Gasteiger partial charge < -0.3 is 5.32 Å². The van der Waals surface area contributed by atoms with Crippen LogP contribution in [0.5, 0.6) is 0 Å². The summed E-state index contributed by atoms with van der Waals surface area (Å²) in [4.78, 5) is 13.5. The van der Waals surface area contributed by atoms with E-state index >= 15 is 0 Å². The summed E-state index contributed by atoms with van der Waals surface area (Å²) < 4.78 is 14.9. The number of ketones is 1. The number of pyridine rings is 1. The Labute approximate surface area is 157 Å². The van der Waals surface area contributed by atoms with E-state index in [1.54, 1.807) is 17.0 Å². The first-order valence-corrected chi connectivity index (χ1v) is 8.63. The lowest BCUT2D eigenvalue weighted by molar-refractivity contribution is -0.692. The Bertz CT molecular complexity index is 883. The molecule has 0 saturated carbocycles. The highest BCUT2D eigenvalue weighted by Crippen LogP contribution is 2.12. The van der Waals surface area contributed by atoms with Gasteiger partial charge in [0.2, 0.25) is 5.78 Å². The number of nitrogens with one attached hydrogen (secondary N) is 1. The van der Waals surface area contributed by atoms with E-state index < -0.39 is 6.04 Å². The van der Waals surface area contributed by atoms with E-state index in [1.807, 2.05) is 48.5 Å². The Hall–Kier alpha value is -2.92. The van der Waals surface area contributed by atoms with Crippen molar-refractivity contribution in [3.05, 3.63) is 102 Å². The van der Waals surface area contributed by atoms with Gasteiger partial charge in [0.1, 0.15) is 5.82 Å². The monoisotopic (exact) mass is 365 g/mol. The molecule has 5 heteroatoms. The van der Waals surface area contributed by atoms with Crippen LogP contribution in [-0.2, 0) is 6.54 Å². The van der Waals surface area contributed by atoms with Crippen molar-refractivity contribution in [1.29, 1.82) is 0 Å². The largest absolute Gasteiger partial charge is 0.370 e. The molecule has 0 fully saturated rings. The molecule has 1 unspecified atom stereocenters. The number of rotatable bonds is 6. The second-order valence-electron chi connectivity index (χ2n) is 5.80. The van der Waals surface area contributed by atoms with Crippen molar-refractivity contribution in [2.24, 2.45) is 0 Å². The van der Waals surface area contributed by atoms with Crippen LogP contribution in [0.3, 0.4) is 0 Å². The van der Waals surface area contributed by atoms with E-state index in [9.17, 15) is 9.18 Å². The molecule has 130 valence electrons. The summed E-state index contributed by atoms with van der Waals surface area (Å²) >= 11 is 5.53. The number of nitrogens with zero attached hydrogens (tertiary/aromatic N) is 1. The third-order valence-corrected chi connectivity index (χ3v) is 4.34. The van der Waals surface area contributed by atoms with E-state index in [4.69, 9.17) is 12.2 Å². The van der Waals surface area contributed by atoms with Crippen molar-refractivity contribution in [3.63, 3.8) is 0 Å². The summed E-state index contributed by atoms with van der Waals surface area (Å²) in [5.74, 6) is -0.568. The van der Waals surface area contributed by atoms with Crippen LogP contribution >= 0.6 is 12.2 Å². The van der Waals surface area contributed by atoms with Gasteiger partial charge in [-0.25, -0.2) is 4.39 Å². The number of aromatic nitrogens is 1. The fourth-order valence-electron chi connectivity index (χ4n) is 2.63. The summed E-state index contributed by atoms with van der Waals surface area (Å²) in [5, 5.41) is 3.18. The molecule has 3 nitrogen and oxygen atoms in total. The van der Waals surface area contributed by atoms with Gasteiger partial charge in [-0.05, 0) is 29.8 Å². The molecule has 1 N–H and O–H groups in total. The molecule has 26 heavy (non-hydrogen) atoms. The lowest BCUT2D eigenvalue weighted by Gasteiger charge is -2.15. The Kier molecular flexibility index (Phi) is 5.81. The lowest BCUT2D eigenvalue weighted by Crippen LogP contribution is -2.51. The molecule has 0 amide bonds. The molecule has 1 atom stereocenters. The van der Waals surface area contributed by atoms with Crippen molar-refractivity contribution >= 4 is 23.0 Å². The maximum Gasteiger partial charge on any atom is 0.270 e. The van der Waals surface area contributed by atoms with Crippen molar-refractivity contribution < 1.29 is 13.8 Å². The fourth-order valence-corrected chi connectivity index (χ4v) is 2.93. The average molecular weight is 365 g/mol. The molecule has 1 heterocycles. The smallest absolute Gasteiger partial charge is 0.270 e. The third-order valence-electron chi connectivity index (χ3n) is 3.97. The summed E-state index contributed by atoms with van der Waals surface area (Å²) in [6.45, 7) is 0.528. The normalized spacial score (nSPS) is 11.6. The van der Waals surface area contributed by atoms with E-state index in [2.05, 4.69) is 5.32 Å². The van der Waals surface area contributed by atoms with Gasteiger partial charge in [0, 0.05) is 24.2 Å². The van der Waals surface area contributed by atoms with Gasteiger partial charge in [0.25, 0.3) is 6.04 Å². The van der Waals surface area contributed by atoms with Crippen molar-refractivity contribution in [2.75, 3.05) is 0 Å². The number of halogens is 1. The molecule has 2 aromatic carbocycles. The first kappa shape index (κ1) is 17.9. The highest BCUT2D eigenvalue weighted by atomic mass is 32.1. The molecule has 3 rings (SSSR count). The van der Waals surface area contributed by atoms with E-state index in [1.165, 1.54) is 24.3 Å². The van der Waals surface area contributed by atoms with Crippen LogP contribution in [-0.4, -0.2) is 10.8 Å². The van der Waals surface area contributed by atoms with Gasteiger partial charge in [-0.1, -0.05) is 48.6 Å². The second-order valence-corrected chi connectivity index (χ2v) is 6.24. The topological polar surface area (TPSA) is 33.0 Å². The first-order valence-electron chi connectivity index (χ1n) is 8.22. The maximum absolute atomic E-state index is 13.2. The molecule has 0 bridgehead atoms. The molecule has 1 aromatic heterocycles. The van der Waals surface area contributed by atoms with Crippen LogP contribution in [0.1, 0.15) is 22.0 Å². The van der Waals surface area contributed by atoms with Crippen LogP contribution in [0.2, 0.25) is 0 Å². The van der Waals surface area contributed by atoms with Crippen LogP contribution in [0.4, 0.5) is 4.39 Å². The van der Waals surface area contributed by atoms with Gasteiger partial charge in [-0.3, -0.25) is 4.79 Å². The average Bonchev–Trinajstić information content (AvgIpc) is 2.69. The molecular weight excluding hydrogens is 347 g/mol. The minimum Gasteiger partial charge on any atom is -0.370 e. The number of benzene rings is 2. The molecule has 0 aliphatic carbocycles. The van der Waals surface area contributed by atoms with Crippen molar-refractivity contribution in [2.45, 2.75) is 12.6 Å². The summed E-state index contributed by atoms with van der Waals surface area (Å²) in [6.07, 6.45) is 3.59. The van der Waals surface area contributed by atoms with Crippen molar-refractivity contribution in [3.8, 4) is 0 Å². The molecule has 0 radical (unpaired) electrons. The number of hydrogen-bond donors (Lipinski definition) is 1. The van der Waals surface area contributed by atoms with Gasteiger partial charge in [0.15, 0.2) is 17.4 Å². The molecular formula is C21H18FN2OS+.